The molecule has 2 amide bonds. The highest BCUT2D eigenvalue weighted by atomic mass is 16.6. The largest absolute Gasteiger partial charge is 0.464 e. The zero-order valence-electron chi connectivity index (χ0n) is 22.1. The number of carboxylic acid groups (broad SMARTS) is 1. The molecule has 1 unspecified atom stereocenters. The maximum absolute atomic E-state index is 13.9. The third-order valence-corrected chi connectivity index (χ3v) is 6.92. The summed E-state index contributed by atoms with van der Waals surface area (Å²) in [5.41, 5.74) is 4.57. The first-order valence-electron chi connectivity index (χ1n) is 12.9. The molecule has 5 rings (SSSR count). The number of anilines is 1. The van der Waals surface area contributed by atoms with Crippen molar-refractivity contribution in [2.75, 3.05) is 4.90 Å². The Morgan fingerprint density at radius 2 is 1.85 bits per heavy atom. The fraction of sp³-hybridized carbons (Fsp3) is 0.300. The number of carbonyl (C=O) groups excluding carboxylic acids is 2. The number of carbonyl (C=O) groups is 3. The molecule has 1 atom stereocenters. The molecule has 2 N–H and O–H groups in total. The highest BCUT2D eigenvalue weighted by Crippen LogP contribution is 2.51. The smallest absolute Gasteiger partial charge is 0.418 e. The van der Waals surface area contributed by atoms with Gasteiger partial charge in [0.2, 0.25) is 0 Å². The summed E-state index contributed by atoms with van der Waals surface area (Å²) in [6.45, 7) is 5.65. The number of benzene rings is 2. The van der Waals surface area contributed by atoms with Crippen LogP contribution in [0.25, 0.3) is 11.3 Å². The van der Waals surface area contributed by atoms with Crippen molar-refractivity contribution in [3.8, 4) is 11.3 Å². The van der Waals surface area contributed by atoms with E-state index in [-0.39, 0.29) is 6.61 Å². The summed E-state index contributed by atoms with van der Waals surface area (Å²) < 4.78 is 6.97. The maximum atomic E-state index is 13.9. The molecular weight excluding hydrogens is 498 g/mol. The van der Waals surface area contributed by atoms with Gasteiger partial charge in [-0.15, -0.1) is 0 Å². The van der Waals surface area contributed by atoms with Crippen molar-refractivity contribution in [2.45, 2.75) is 57.7 Å². The van der Waals surface area contributed by atoms with Crippen LogP contribution < -0.4 is 10.4 Å². The van der Waals surface area contributed by atoms with E-state index in [9.17, 15) is 19.5 Å². The van der Waals surface area contributed by atoms with Gasteiger partial charge in [0.15, 0.2) is 0 Å². The minimum atomic E-state index is -1.35. The SMILES string of the molecule is CC(C)(C)OC(=O)n1cccc1-c1ccc2c(c1)C1(CCCC=C1NOCc1ccccc1)C(=O)N2C(=O)O. The number of hydroxylamine groups is 1. The lowest BCUT2D eigenvalue weighted by Crippen LogP contribution is -2.47. The van der Waals surface area contributed by atoms with Gasteiger partial charge in [0.1, 0.15) is 11.0 Å². The van der Waals surface area contributed by atoms with Crippen molar-refractivity contribution >= 4 is 23.8 Å². The summed E-state index contributed by atoms with van der Waals surface area (Å²) in [6.07, 6.45) is 3.46. The minimum Gasteiger partial charge on any atom is -0.464 e. The zero-order chi connectivity index (χ0) is 27.8. The maximum Gasteiger partial charge on any atom is 0.418 e. The molecule has 2 aromatic carbocycles. The molecule has 2 heterocycles. The Morgan fingerprint density at radius 1 is 1.08 bits per heavy atom. The molecule has 0 saturated heterocycles. The first kappa shape index (κ1) is 26.2. The lowest BCUT2D eigenvalue weighted by Gasteiger charge is -2.34. The van der Waals surface area contributed by atoms with Crippen molar-refractivity contribution in [3.63, 3.8) is 0 Å². The predicted molar refractivity (Wildman–Crippen MR) is 145 cm³/mol. The van der Waals surface area contributed by atoms with E-state index in [1.54, 1.807) is 57.3 Å². The van der Waals surface area contributed by atoms with Gasteiger partial charge >= 0.3 is 12.2 Å². The van der Waals surface area contributed by atoms with Gasteiger partial charge in [-0.25, -0.2) is 14.5 Å². The monoisotopic (exact) mass is 529 g/mol. The fourth-order valence-electron chi connectivity index (χ4n) is 5.25. The third kappa shape index (κ3) is 4.81. The number of imide groups is 1. The zero-order valence-corrected chi connectivity index (χ0v) is 22.1. The van der Waals surface area contributed by atoms with Crippen molar-refractivity contribution in [1.82, 2.24) is 10.0 Å². The molecule has 202 valence electrons. The second-order valence-corrected chi connectivity index (χ2v) is 10.7. The van der Waals surface area contributed by atoms with Crippen molar-refractivity contribution in [1.29, 1.82) is 0 Å². The number of fused-ring (bicyclic) bond motifs is 2. The summed E-state index contributed by atoms with van der Waals surface area (Å²) in [4.78, 5) is 45.7. The Bertz CT molecular complexity index is 1450. The van der Waals surface area contributed by atoms with Gasteiger partial charge < -0.3 is 9.84 Å². The molecule has 0 fully saturated rings. The van der Waals surface area contributed by atoms with Gasteiger partial charge in [0, 0.05) is 6.20 Å². The average Bonchev–Trinajstić information content (AvgIpc) is 3.47. The lowest BCUT2D eigenvalue weighted by atomic mass is 9.71. The molecule has 39 heavy (non-hydrogen) atoms. The van der Waals surface area contributed by atoms with Gasteiger partial charge in [0.25, 0.3) is 5.91 Å². The molecule has 1 spiro atoms. The van der Waals surface area contributed by atoms with Crippen LogP contribution in [0.15, 0.2) is 78.6 Å². The summed E-state index contributed by atoms with van der Waals surface area (Å²) in [5.74, 6) is -0.550. The Hall–Kier alpha value is -4.37. The number of allylic oxidation sites excluding steroid dienone is 1. The van der Waals surface area contributed by atoms with Crippen LogP contribution in [0.1, 0.15) is 51.2 Å². The molecule has 9 nitrogen and oxygen atoms in total. The predicted octanol–water partition coefficient (Wildman–Crippen LogP) is 5.99. The Labute approximate surface area is 226 Å². The van der Waals surface area contributed by atoms with Crippen LogP contribution in [-0.4, -0.2) is 33.4 Å². The van der Waals surface area contributed by atoms with Gasteiger partial charge in [-0.3, -0.25) is 19.7 Å². The fourth-order valence-corrected chi connectivity index (χ4v) is 5.25. The van der Waals surface area contributed by atoms with Gasteiger partial charge in [-0.05, 0) is 81.0 Å². The Morgan fingerprint density at radius 3 is 2.56 bits per heavy atom. The van der Waals surface area contributed by atoms with Crippen LogP contribution in [-0.2, 0) is 26.4 Å². The number of nitrogens with zero attached hydrogens (tertiary/aromatic N) is 2. The molecule has 1 aliphatic heterocycles. The molecule has 2 aliphatic rings. The standard InChI is InChI=1S/C30H31N3O6/c1-29(2,3)39-28(37)32-17-9-12-23(32)21-14-15-24-22(18-21)30(26(34)33(24)27(35)36)16-8-7-13-25(30)31-38-19-20-10-5-4-6-11-20/h4-6,9-15,17-18,31H,7-8,16,19H2,1-3H3,(H,35,36). The highest BCUT2D eigenvalue weighted by molar-refractivity contribution is 6.22. The molecule has 1 aliphatic carbocycles. The number of hydrogen-bond acceptors (Lipinski definition) is 6. The van der Waals surface area contributed by atoms with Gasteiger partial charge in [0.05, 0.1) is 23.7 Å². The Kier molecular flexibility index (Phi) is 6.78. The van der Waals surface area contributed by atoms with E-state index in [0.29, 0.717) is 41.0 Å². The normalized spacial score (nSPS) is 18.6. The summed E-state index contributed by atoms with van der Waals surface area (Å²) in [5, 5.41) is 10.0. The number of rotatable bonds is 5. The molecule has 1 aromatic heterocycles. The van der Waals surface area contributed by atoms with Gasteiger partial charge in [-0.2, -0.15) is 0 Å². The van der Waals surface area contributed by atoms with Crippen LogP contribution in [0.4, 0.5) is 15.3 Å². The van der Waals surface area contributed by atoms with Crippen LogP contribution in [0, 0.1) is 0 Å². The first-order chi connectivity index (χ1) is 18.6. The van der Waals surface area contributed by atoms with E-state index >= 15 is 0 Å². The third-order valence-electron chi connectivity index (χ3n) is 6.92. The second-order valence-electron chi connectivity index (χ2n) is 10.7. The van der Waals surface area contributed by atoms with E-state index in [1.807, 2.05) is 36.4 Å². The lowest BCUT2D eigenvalue weighted by molar-refractivity contribution is -0.122. The number of nitrogens with one attached hydrogen (secondary N) is 1. The summed E-state index contributed by atoms with van der Waals surface area (Å²) in [7, 11) is 0. The summed E-state index contributed by atoms with van der Waals surface area (Å²) in [6, 6.07) is 18.3. The van der Waals surface area contributed by atoms with E-state index in [0.717, 1.165) is 16.9 Å². The topological polar surface area (TPSA) is 110 Å². The minimum absolute atomic E-state index is 0.265. The molecule has 9 heteroatoms. The van der Waals surface area contributed by atoms with Crippen LogP contribution in [0.2, 0.25) is 0 Å². The van der Waals surface area contributed by atoms with Crippen LogP contribution in [0.5, 0.6) is 0 Å². The van der Waals surface area contributed by atoms with E-state index in [2.05, 4.69) is 5.48 Å². The highest BCUT2D eigenvalue weighted by Gasteiger charge is 2.56. The molecule has 0 saturated carbocycles. The number of hydrogen-bond donors (Lipinski definition) is 2. The van der Waals surface area contributed by atoms with E-state index in [4.69, 9.17) is 9.57 Å². The quantitative estimate of drug-likeness (QED) is 0.391. The van der Waals surface area contributed by atoms with E-state index in [1.165, 1.54) is 4.57 Å². The van der Waals surface area contributed by atoms with Crippen LogP contribution in [0.3, 0.4) is 0 Å². The van der Waals surface area contributed by atoms with Crippen LogP contribution >= 0.6 is 0 Å². The number of ether oxygens (including phenoxy) is 1. The molecule has 0 radical (unpaired) electrons. The Balaban J connectivity index is 1.55. The molecular formula is C30H31N3O6. The van der Waals surface area contributed by atoms with E-state index < -0.39 is 29.1 Å². The number of aromatic nitrogens is 1. The average molecular weight is 530 g/mol. The van der Waals surface area contributed by atoms with Crippen molar-refractivity contribution < 1.29 is 29.1 Å². The van der Waals surface area contributed by atoms with Gasteiger partial charge in [-0.1, -0.05) is 42.5 Å². The molecule has 0 bridgehead atoms. The number of amides is 2. The van der Waals surface area contributed by atoms with Crippen molar-refractivity contribution in [3.05, 3.63) is 89.8 Å². The van der Waals surface area contributed by atoms with Crippen molar-refractivity contribution in [2.24, 2.45) is 0 Å². The summed E-state index contributed by atoms with van der Waals surface area (Å²) >= 11 is 0. The second kappa shape index (κ2) is 10.1. The first-order valence-corrected chi connectivity index (χ1v) is 12.9. The molecule has 3 aromatic rings.